The molecule has 0 aliphatic carbocycles. The lowest BCUT2D eigenvalue weighted by Gasteiger charge is -2.19. The molecule has 21 heavy (non-hydrogen) atoms. The lowest BCUT2D eigenvalue weighted by atomic mass is 9.91. The fourth-order valence-electron chi connectivity index (χ4n) is 1.89. The molecule has 0 aromatic carbocycles. The van der Waals surface area contributed by atoms with Crippen molar-refractivity contribution in [2.24, 2.45) is 5.41 Å². The molecule has 1 aromatic heterocycles. The van der Waals surface area contributed by atoms with Crippen molar-refractivity contribution in [3.63, 3.8) is 0 Å². The number of aryl methyl sites for hydroxylation is 2. The third-order valence-corrected chi connectivity index (χ3v) is 5.29. The number of thiazole rings is 1. The van der Waals surface area contributed by atoms with Crippen LogP contribution in [0, 0.1) is 19.3 Å². The highest BCUT2D eigenvalue weighted by atomic mass is 32.2. The molecule has 1 amide bonds. The van der Waals surface area contributed by atoms with Gasteiger partial charge in [-0.05, 0) is 13.8 Å². The van der Waals surface area contributed by atoms with Crippen molar-refractivity contribution in [1.82, 2.24) is 9.88 Å². The maximum atomic E-state index is 12.2. The molecule has 1 aromatic rings. The summed E-state index contributed by atoms with van der Waals surface area (Å²) >= 11 is 3.04. The van der Waals surface area contributed by atoms with E-state index in [1.54, 1.807) is 22.3 Å². The van der Waals surface area contributed by atoms with Gasteiger partial charge in [0.25, 0.3) is 0 Å². The number of amides is 1. The fourth-order valence-corrected chi connectivity index (χ4v) is 3.76. The number of hydrogen-bond acceptors (Lipinski definition) is 5. The van der Waals surface area contributed by atoms with Gasteiger partial charge in [-0.2, -0.15) is 0 Å². The van der Waals surface area contributed by atoms with Gasteiger partial charge in [0.15, 0.2) is 5.78 Å². The molecule has 1 saturated heterocycles. The van der Waals surface area contributed by atoms with Gasteiger partial charge in [0.1, 0.15) is 0 Å². The van der Waals surface area contributed by atoms with Crippen LogP contribution in [0.4, 0.5) is 0 Å². The number of nitrogens with zero attached hydrogens (tertiary/aromatic N) is 2. The second kappa shape index (κ2) is 5.93. The minimum Gasteiger partial charge on any atom is -0.301 e. The van der Waals surface area contributed by atoms with Crippen LogP contribution in [0.1, 0.15) is 36.3 Å². The third kappa shape index (κ3) is 3.74. The average molecular weight is 324 g/mol. The van der Waals surface area contributed by atoms with Crippen molar-refractivity contribution in [1.29, 1.82) is 0 Å². The molecule has 0 radical (unpaired) electrons. The Morgan fingerprint density at radius 1 is 1.38 bits per heavy atom. The van der Waals surface area contributed by atoms with Crippen LogP contribution in [0.5, 0.6) is 0 Å². The topological polar surface area (TPSA) is 50.3 Å². The Morgan fingerprint density at radius 2 is 2.05 bits per heavy atom. The first-order valence-corrected chi connectivity index (χ1v) is 8.61. The van der Waals surface area contributed by atoms with Crippen LogP contribution < -0.4 is 0 Å². The molecular formula is C15H20N2O2S2. The number of allylic oxidation sites excluding steroid dienone is 1. The number of ketones is 1. The summed E-state index contributed by atoms with van der Waals surface area (Å²) in [7, 11) is 0. The Morgan fingerprint density at radius 3 is 2.57 bits per heavy atom. The van der Waals surface area contributed by atoms with Crippen LogP contribution in [-0.4, -0.2) is 27.3 Å². The highest BCUT2D eigenvalue weighted by molar-refractivity contribution is 8.04. The summed E-state index contributed by atoms with van der Waals surface area (Å²) < 4.78 is 0. The molecule has 1 fully saturated rings. The minimum atomic E-state index is -0.429. The van der Waals surface area contributed by atoms with Crippen molar-refractivity contribution in [2.75, 3.05) is 5.75 Å². The Hall–Kier alpha value is -1.14. The molecule has 114 valence electrons. The van der Waals surface area contributed by atoms with E-state index in [1.165, 1.54) is 11.8 Å². The molecule has 0 N–H and O–H groups in total. The number of hydrogen-bond donors (Lipinski definition) is 0. The number of carbonyl (C=O) groups excluding carboxylic acids is 2. The van der Waals surface area contributed by atoms with Crippen molar-refractivity contribution in [3.05, 3.63) is 26.7 Å². The van der Waals surface area contributed by atoms with E-state index in [-0.39, 0.29) is 11.7 Å². The van der Waals surface area contributed by atoms with E-state index in [0.717, 1.165) is 20.6 Å². The van der Waals surface area contributed by atoms with E-state index in [1.807, 2.05) is 34.6 Å². The van der Waals surface area contributed by atoms with Crippen LogP contribution >= 0.6 is 23.1 Å². The molecular weight excluding hydrogens is 304 g/mol. The number of aromatic nitrogens is 1. The maximum absolute atomic E-state index is 12.2. The molecule has 6 heteroatoms. The van der Waals surface area contributed by atoms with E-state index in [4.69, 9.17) is 0 Å². The monoisotopic (exact) mass is 324 g/mol. The molecule has 2 heterocycles. The molecule has 0 saturated carbocycles. The SMILES string of the molecule is Cc1nc(C)c(CN2C(=O)CS/C2=C/C(=O)C(C)(C)C)s1. The highest BCUT2D eigenvalue weighted by Gasteiger charge is 2.30. The van der Waals surface area contributed by atoms with Gasteiger partial charge >= 0.3 is 0 Å². The molecule has 0 spiro atoms. The van der Waals surface area contributed by atoms with Crippen LogP contribution in [-0.2, 0) is 16.1 Å². The Labute approximate surface area is 133 Å². The van der Waals surface area contributed by atoms with Crippen LogP contribution in [0.25, 0.3) is 0 Å². The largest absolute Gasteiger partial charge is 0.301 e. The zero-order valence-corrected chi connectivity index (χ0v) is 14.7. The first-order valence-electron chi connectivity index (χ1n) is 6.80. The summed E-state index contributed by atoms with van der Waals surface area (Å²) in [5.41, 5.74) is 0.533. The number of carbonyl (C=O) groups is 2. The second-order valence-corrected chi connectivity index (χ2v) is 8.39. The minimum absolute atomic E-state index is 0.0434. The van der Waals surface area contributed by atoms with E-state index >= 15 is 0 Å². The van der Waals surface area contributed by atoms with Crippen molar-refractivity contribution in [3.8, 4) is 0 Å². The quantitative estimate of drug-likeness (QED) is 0.801. The summed E-state index contributed by atoms with van der Waals surface area (Å²) in [5, 5.41) is 1.75. The van der Waals surface area contributed by atoms with Crippen LogP contribution in [0.2, 0.25) is 0 Å². The third-order valence-electron chi connectivity index (χ3n) is 3.21. The van der Waals surface area contributed by atoms with Crippen LogP contribution in [0.15, 0.2) is 11.1 Å². The molecule has 0 bridgehead atoms. The van der Waals surface area contributed by atoms with Gasteiger partial charge in [-0.3, -0.25) is 9.59 Å². The predicted molar refractivity (Wildman–Crippen MR) is 87.1 cm³/mol. The maximum Gasteiger partial charge on any atom is 0.238 e. The van der Waals surface area contributed by atoms with Crippen molar-refractivity contribution in [2.45, 2.75) is 41.2 Å². The first kappa shape index (κ1) is 16.2. The lowest BCUT2D eigenvalue weighted by Crippen LogP contribution is -2.25. The normalized spacial score (nSPS) is 17.9. The van der Waals surface area contributed by atoms with E-state index in [0.29, 0.717) is 12.3 Å². The smallest absolute Gasteiger partial charge is 0.238 e. The molecule has 2 rings (SSSR count). The average Bonchev–Trinajstić information content (AvgIpc) is 2.84. The summed E-state index contributed by atoms with van der Waals surface area (Å²) in [4.78, 5) is 31.4. The highest BCUT2D eigenvalue weighted by Crippen LogP contribution is 2.33. The zero-order valence-electron chi connectivity index (χ0n) is 13.0. The molecule has 0 atom stereocenters. The Balaban J connectivity index is 2.23. The van der Waals surface area contributed by atoms with E-state index in [9.17, 15) is 9.59 Å². The van der Waals surface area contributed by atoms with Gasteiger partial charge in [0.2, 0.25) is 5.91 Å². The number of thioether (sulfide) groups is 1. The summed E-state index contributed by atoms with van der Waals surface area (Å²) in [6.07, 6.45) is 1.61. The van der Waals surface area contributed by atoms with Crippen molar-refractivity contribution < 1.29 is 9.59 Å². The fraction of sp³-hybridized carbons (Fsp3) is 0.533. The number of rotatable bonds is 3. The zero-order chi connectivity index (χ0) is 15.8. The van der Waals surface area contributed by atoms with Gasteiger partial charge in [0.05, 0.1) is 28.0 Å². The summed E-state index contributed by atoms with van der Waals surface area (Å²) in [6.45, 7) is 10.1. The van der Waals surface area contributed by atoms with E-state index in [2.05, 4.69) is 4.98 Å². The van der Waals surface area contributed by atoms with Gasteiger partial charge in [-0.1, -0.05) is 32.5 Å². The predicted octanol–water partition coefficient (Wildman–Crippen LogP) is 3.29. The first-order chi connectivity index (χ1) is 9.68. The Bertz CT molecular complexity index is 612. The standard InChI is InChI=1S/C15H20N2O2S2/c1-9-11(21-10(2)16-9)7-17-13(19)8-20-14(17)6-12(18)15(3,4)5/h6H,7-8H2,1-5H3/b14-6+. The van der Waals surface area contributed by atoms with Crippen molar-refractivity contribution >= 4 is 34.8 Å². The van der Waals surface area contributed by atoms with Gasteiger partial charge < -0.3 is 4.90 Å². The second-order valence-electron chi connectivity index (χ2n) is 6.11. The summed E-state index contributed by atoms with van der Waals surface area (Å²) in [6, 6.07) is 0. The molecule has 1 aliphatic rings. The molecule has 1 aliphatic heterocycles. The van der Waals surface area contributed by atoms with Gasteiger partial charge in [-0.25, -0.2) is 4.98 Å². The molecule has 4 nitrogen and oxygen atoms in total. The molecule has 0 unspecified atom stereocenters. The van der Waals surface area contributed by atoms with Gasteiger partial charge in [0, 0.05) is 16.4 Å². The Kier molecular flexibility index (Phi) is 4.58. The van der Waals surface area contributed by atoms with Crippen LogP contribution in [0.3, 0.4) is 0 Å². The lowest BCUT2D eigenvalue weighted by molar-refractivity contribution is -0.125. The van der Waals surface area contributed by atoms with Gasteiger partial charge in [-0.15, -0.1) is 11.3 Å². The summed E-state index contributed by atoms with van der Waals surface area (Å²) in [5.74, 6) is 0.500. The van der Waals surface area contributed by atoms with E-state index < -0.39 is 5.41 Å².